The van der Waals surface area contributed by atoms with Crippen molar-refractivity contribution in [3.8, 4) is 11.5 Å². The van der Waals surface area contributed by atoms with Gasteiger partial charge in [-0.2, -0.15) is 0 Å². The van der Waals surface area contributed by atoms with Gasteiger partial charge in [0.15, 0.2) is 11.5 Å². The van der Waals surface area contributed by atoms with Gasteiger partial charge in [0.25, 0.3) is 0 Å². The summed E-state index contributed by atoms with van der Waals surface area (Å²) in [5.74, 6) is 1.29. The van der Waals surface area contributed by atoms with Crippen LogP contribution in [0.2, 0.25) is 5.02 Å². The summed E-state index contributed by atoms with van der Waals surface area (Å²) < 4.78 is 10.7. The Morgan fingerprint density at radius 3 is 2.44 bits per heavy atom. The fraction of sp³-hybridized carbons (Fsp3) is 0.571. The van der Waals surface area contributed by atoms with Gasteiger partial charge in [0.05, 0.1) is 19.2 Å². The minimum absolute atomic E-state index is 0.0349. The van der Waals surface area contributed by atoms with E-state index in [-0.39, 0.29) is 5.54 Å². The quantitative estimate of drug-likeness (QED) is 0.894. The zero-order valence-corrected chi connectivity index (χ0v) is 11.9. The molecule has 0 saturated heterocycles. The number of methoxy groups -OCH3 is 2. The smallest absolute Gasteiger partial charge is 0.179 e. The molecule has 2 N–H and O–H groups in total. The van der Waals surface area contributed by atoms with Crippen LogP contribution in [0.4, 0.5) is 0 Å². The number of halogens is 1. The summed E-state index contributed by atoms with van der Waals surface area (Å²) in [4.78, 5) is 0. The maximum atomic E-state index is 6.40. The van der Waals surface area contributed by atoms with Crippen molar-refractivity contribution < 1.29 is 9.47 Å². The molecule has 0 unspecified atom stereocenters. The maximum absolute atomic E-state index is 6.40. The van der Waals surface area contributed by atoms with Crippen molar-refractivity contribution in [2.75, 3.05) is 14.2 Å². The van der Waals surface area contributed by atoms with E-state index in [2.05, 4.69) is 6.92 Å². The van der Waals surface area contributed by atoms with Crippen LogP contribution in [0.5, 0.6) is 11.5 Å². The second-order valence-electron chi connectivity index (χ2n) is 4.96. The van der Waals surface area contributed by atoms with Crippen molar-refractivity contribution in [3.63, 3.8) is 0 Å². The molecule has 0 aromatic heterocycles. The van der Waals surface area contributed by atoms with E-state index in [4.69, 9.17) is 26.8 Å². The van der Waals surface area contributed by atoms with Crippen molar-refractivity contribution in [2.45, 2.75) is 38.1 Å². The highest BCUT2D eigenvalue weighted by atomic mass is 35.5. The molecule has 1 aliphatic carbocycles. The summed E-state index contributed by atoms with van der Waals surface area (Å²) in [5.41, 5.74) is 8.46. The fourth-order valence-electron chi connectivity index (χ4n) is 2.30. The largest absolute Gasteiger partial charge is 0.493 e. The lowest BCUT2D eigenvalue weighted by molar-refractivity contribution is 0.354. The number of benzene rings is 1. The van der Waals surface area contributed by atoms with Gasteiger partial charge in [-0.15, -0.1) is 0 Å². The number of rotatable bonds is 5. The van der Waals surface area contributed by atoms with E-state index in [9.17, 15) is 0 Å². The van der Waals surface area contributed by atoms with Gasteiger partial charge >= 0.3 is 0 Å². The highest BCUT2D eigenvalue weighted by Gasteiger charge is 2.39. The molecule has 1 fully saturated rings. The first kappa shape index (κ1) is 13.5. The topological polar surface area (TPSA) is 44.5 Å². The Hall–Kier alpha value is -0.930. The Kier molecular flexibility index (Phi) is 3.74. The SMILES string of the molecule is CCc1c(CC2(N)CC2)cc(OC)c(OC)c1Cl. The first-order valence-electron chi connectivity index (χ1n) is 6.25. The molecule has 100 valence electrons. The molecule has 0 heterocycles. The summed E-state index contributed by atoms with van der Waals surface area (Å²) in [7, 11) is 3.23. The third-order valence-electron chi connectivity index (χ3n) is 3.59. The molecule has 18 heavy (non-hydrogen) atoms. The van der Waals surface area contributed by atoms with E-state index in [0.29, 0.717) is 16.5 Å². The first-order valence-corrected chi connectivity index (χ1v) is 6.63. The Labute approximate surface area is 113 Å². The van der Waals surface area contributed by atoms with Gasteiger partial charge in [0, 0.05) is 5.54 Å². The van der Waals surface area contributed by atoms with Crippen molar-refractivity contribution in [1.29, 1.82) is 0 Å². The van der Waals surface area contributed by atoms with Gasteiger partial charge in [-0.05, 0) is 42.9 Å². The molecule has 2 rings (SSSR count). The molecule has 3 nitrogen and oxygen atoms in total. The Balaban J connectivity index is 2.47. The Bertz CT molecular complexity index is 456. The molecule has 0 aliphatic heterocycles. The highest BCUT2D eigenvalue weighted by Crippen LogP contribution is 2.43. The van der Waals surface area contributed by atoms with Gasteiger partial charge in [-0.1, -0.05) is 18.5 Å². The zero-order chi connectivity index (χ0) is 13.3. The lowest BCUT2D eigenvalue weighted by atomic mass is 9.96. The average Bonchev–Trinajstić information content (AvgIpc) is 3.06. The van der Waals surface area contributed by atoms with Crippen LogP contribution < -0.4 is 15.2 Å². The number of hydrogen-bond acceptors (Lipinski definition) is 3. The Morgan fingerprint density at radius 2 is 2.00 bits per heavy atom. The molecule has 0 bridgehead atoms. The van der Waals surface area contributed by atoms with E-state index in [1.54, 1.807) is 14.2 Å². The molecular formula is C14H20ClNO2. The molecule has 1 aliphatic rings. The van der Waals surface area contributed by atoms with Crippen LogP contribution in [0.15, 0.2) is 6.07 Å². The summed E-state index contributed by atoms with van der Waals surface area (Å²) >= 11 is 6.40. The average molecular weight is 270 g/mol. The van der Waals surface area contributed by atoms with Crippen LogP contribution >= 0.6 is 11.6 Å². The van der Waals surface area contributed by atoms with E-state index in [1.807, 2.05) is 6.07 Å². The first-order chi connectivity index (χ1) is 8.54. The third kappa shape index (κ3) is 2.43. The van der Waals surface area contributed by atoms with Gasteiger partial charge in [-0.3, -0.25) is 0 Å². The minimum Gasteiger partial charge on any atom is -0.493 e. The van der Waals surface area contributed by atoms with Crippen LogP contribution in [-0.4, -0.2) is 19.8 Å². The minimum atomic E-state index is -0.0349. The highest BCUT2D eigenvalue weighted by molar-refractivity contribution is 6.33. The van der Waals surface area contributed by atoms with Gasteiger partial charge in [0.1, 0.15) is 0 Å². The van der Waals surface area contributed by atoms with Crippen LogP contribution in [-0.2, 0) is 12.8 Å². The number of ether oxygens (including phenoxy) is 2. The van der Waals surface area contributed by atoms with Crippen LogP contribution in [0.25, 0.3) is 0 Å². The standard InChI is InChI=1S/C14H20ClNO2/c1-4-10-9(8-14(16)5-6-14)7-11(17-2)13(18-3)12(10)15/h7H,4-6,8,16H2,1-3H3. The van der Waals surface area contributed by atoms with Crippen molar-refractivity contribution in [3.05, 3.63) is 22.2 Å². The van der Waals surface area contributed by atoms with E-state index >= 15 is 0 Å². The molecule has 4 heteroatoms. The monoisotopic (exact) mass is 269 g/mol. The molecule has 1 aromatic carbocycles. The van der Waals surface area contributed by atoms with Crippen LogP contribution in [0.1, 0.15) is 30.9 Å². The van der Waals surface area contributed by atoms with Crippen molar-refractivity contribution in [2.24, 2.45) is 5.73 Å². The number of hydrogen-bond donors (Lipinski definition) is 1. The van der Waals surface area contributed by atoms with Gasteiger partial charge in [0.2, 0.25) is 0 Å². The Morgan fingerprint density at radius 1 is 1.33 bits per heavy atom. The van der Waals surface area contributed by atoms with Crippen LogP contribution in [0.3, 0.4) is 0 Å². The molecule has 1 aromatic rings. The lowest BCUT2D eigenvalue weighted by Crippen LogP contribution is -2.25. The predicted molar refractivity (Wildman–Crippen MR) is 73.8 cm³/mol. The van der Waals surface area contributed by atoms with E-state index in [0.717, 1.165) is 31.2 Å². The predicted octanol–water partition coefficient (Wildman–Crippen LogP) is 2.95. The maximum Gasteiger partial charge on any atom is 0.179 e. The zero-order valence-electron chi connectivity index (χ0n) is 11.2. The van der Waals surface area contributed by atoms with Gasteiger partial charge < -0.3 is 15.2 Å². The van der Waals surface area contributed by atoms with Crippen LogP contribution in [0, 0.1) is 0 Å². The third-order valence-corrected chi connectivity index (χ3v) is 3.99. The molecular weight excluding hydrogens is 250 g/mol. The molecule has 0 spiro atoms. The molecule has 0 radical (unpaired) electrons. The summed E-state index contributed by atoms with van der Waals surface area (Å²) in [5, 5.41) is 0.651. The normalized spacial score (nSPS) is 16.5. The van der Waals surface area contributed by atoms with Gasteiger partial charge in [-0.25, -0.2) is 0 Å². The molecule has 0 amide bonds. The molecule has 0 atom stereocenters. The summed E-state index contributed by atoms with van der Waals surface area (Å²) in [6.45, 7) is 2.09. The summed E-state index contributed by atoms with van der Waals surface area (Å²) in [6.07, 6.45) is 3.89. The lowest BCUT2D eigenvalue weighted by Gasteiger charge is -2.18. The second-order valence-corrected chi connectivity index (χ2v) is 5.33. The van der Waals surface area contributed by atoms with Crippen molar-refractivity contribution in [1.82, 2.24) is 0 Å². The van der Waals surface area contributed by atoms with E-state index in [1.165, 1.54) is 5.56 Å². The fourth-order valence-corrected chi connectivity index (χ4v) is 2.72. The second kappa shape index (κ2) is 4.98. The molecule has 1 saturated carbocycles. The van der Waals surface area contributed by atoms with Crippen molar-refractivity contribution >= 4 is 11.6 Å². The number of nitrogens with two attached hydrogens (primary N) is 1. The van der Waals surface area contributed by atoms with E-state index < -0.39 is 0 Å². The summed E-state index contributed by atoms with van der Waals surface area (Å²) in [6, 6.07) is 2.01.